The van der Waals surface area contributed by atoms with Crippen molar-refractivity contribution in [3.05, 3.63) is 81.2 Å². The van der Waals surface area contributed by atoms with Crippen molar-refractivity contribution in [3.8, 4) is 10.4 Å². The lowest BCUT2D eigenvalue weighted by Crippen LogP contribution is -2.12. The number of carbonyl (C=O) groups excluding carboxylic acids is 2. The minimum absolute atomic E-state index is 0.187. The standard InChI is InChI=1S/C20H14Cl2N2O2S/c21-16-4-2-1-3-14(16)18-9-6-13(27-18)7-10-19(25)24-12-5-8-15(20(23)26)17(22)11-12/h1-11H,(H2,23,26)(H,24,25)/b10-7+. The molecule has 27 heavy (non-hydrogen) atoms. The van der Waals surface area contributed by atoms with Gasteiger partial charge in [-0.15, -0.1) is 11.3 Å². The van der Waals surface area contributed by atoms with Gasteiger partial charge in [0.05, 0.1) is 10.6 Å². The lowest BCUT2D eigenvalue weighted by molar-refractivity contribution is -0.111. The number of hydrogen-bond acceptors (Lipinski definition) is 3. The first-order valence-corrected chi connectivity index (χ1v) is 9.44. The number of rotatable bonds is 5. The van der Waals surface area contributed by atoms with Gasteiger partial charge in [0.2, 0.25) is 11.8 Å². The van der Waals surface area contributed by atoms with Gasteiger partial charge in [-0.3, -0.25) is 9.59 Å². The lowest BCUT2D eigenvalue weighted by atomic mass is 10.2. The highest BCUT2D eigenvalue weighted by molar-refractivity contribution is 7.16. The van der Waals surface area contributed by atoms with E-state index < -0.39 is 5.91 Å². The van der Waals surface area contributed by atoms with Gasteiger partial charge in [0.1, 0.15) is 0 Å². The summed E-state index contributed by atoms with van der Waals surface area (Å²) in [5, 5.41) is 3.56. The molecule has 0 bridgehead atoms. The topological polar surface area (TPSA) is 72.2 Å². The largest absolute Gasteiger partial charge is 0.366 e. The molecule has 3 rings (SSSR count). The van der Waals surface area contributed by atoms with Gasteiger partial charge in [0.15, 0.2) is 0 Å². The van der Waals surface area contributed by atoms with E-state index in [4.69, 9.17) is 28.9 Å². The summed E-state index contributed by atoms with van der Waals surface area (Å²) in [6, 6.07) is 16.0. The SMILES string of the molecule is NC(=O)c1ccc(NC(=O)/C=C/c2ccc(-c3ccccc3Cl)s2)cc1Cl. The van der Waals surface area contributed by atoms with Gasteiger partial charge in [-0.25, -0.2) is 0 Å². The molecule has 0 aliphatic carbocycles. The number of amides is 2. The molecule has 0 fully saturated rings. The van der Waals surface area contributed by atoms with Gasteiger partial charge in [0, 0.05) is 32.1 Å². The van der Waals surface area contributed by atoms with Crippen LogP contribution in [0.25, 0.3) is 16.5 Å². The second-order valence-electron chi connectivity index (χ2n) is 5.56. The van der Waals surface area contributed by atoms with E-state index in [1.807, 2.05) is 36.4 Å². The fraction of sp³-hybridized carbons (Fsp3) is 0. The maximum atomic E-state index is 12.1. The lowest BCUT2D eigenvalue weighted by Gasteiger charge is -2.05. The fourth-order valence-corrected chi connectivity index (χ4v) is 3.90. The first-order valence-electron chi connectivity index (χ1n) is 7.87. The Kier molecular flexibility index (Phi) is 5.96. The predicted molar refractivity (Wildman–Crippen MR) is 112 cm³/mol. The number of thiophene rings is 1. The van der Waals surface area contributed by atoms with Crippen molar-refractivity contribution >= 4 is 58.1 Å². The van der Waals surface area contributed by atoms with Crippen LogP contribution >= 0.6 is 34.5 Å². The molecule has 3 aromatic rings. The van der Waals surface area contributed by atoms with Gasteiger partial charge in [0.25, 0.3) is 0 Å². The number of primary amides is 1. The number of carbonyl (C=O) groups is 2. The van der Waals surface area contributed by atoms with Crippen LogP contribution in [0.5, 0.6) is 0 Å². The summed E-state index contributed by atoms with van der Waals surface area (Å²) in [5.74, 6) is -0.935. The molecule has 0 aliphatic heterocycles. The summed E-state index contributed by atoms with van der Waals surface area (Å²) in [6.45, 7) is 0. The van der Waals surface area contributed by atoms with Gasteiger partial charge >= 0.3 is 0 Å². The molecule has 0 spiro atoms. The van der Waals surface area contributed by atoms with E-state index in [2.05, 4.69) is 5.32 Å². The molecule has 0 atom stereocenters. The molecule has 4 nitrogen and oxygen atoms in total. The Morgan fingerprint density at radius 3 is 2.48 bits per heavy atom. The van der Waals surface area contributed by atoms with Crippen molar-refractivity contribution in [1.29, 1.82) is 0 Å². The third-order valence-electron chi connectivity index (χ3n) is 3.67. The fourth-order valence-electron chi connectivity index (χ4n) is 2.38. The van der Waals surface area contributed by atoms with Crippen LogP contribution in [0.2, 0.25) is 10.0 Å². The van der Waals surface area contributed by atoms with Crippen molar-refractivity contribution in [3.63, 3.8) is 0 Å². The normalized spacial score (nSPS) is 10.9. The molecule has 0 saturated heterocycles. The maximum Gasteiger partial charge on any atom is 0.250 e. The van der Waals surface area contributed by atoms with E-state index in [1.165, 1.54) is 29.5 Å². The van der Waals surface area contributed by atoms with Crippen molar-refractivity contribution < 1.29 is 9.59 Å². The molecule has 0 saturated carbocycles. The Morgan fingerprint density at radius 2 is 1.78 bits per heavy atom. The summed E-state index contributed by atoms with van der Waals surface area (Å²) in [6.07, 6.45) is 3.15. The molecule has 0 aliphatic rings. The maximum absolute atomic E-state index is 12.1. The predicted octanol–water partition coefficient (Wildman–Crippen LogP) is 5.47. The number of nitrogens with two attached hydrogens (primary N) is 1. The van der Waals surface area contributed by atoms with Gasteiger partial charge in [-0.2, -0.15) is 0 Å². The van der Waals surface area contributed by atoms with Gasteiger partial charge in [-0.1, -0.05) is 41.4 Å². The van der Waals surface area contributed by atoms with E-state index in [0.717, 1.165) is 15.3 Å². The Morgan fingerprint density at radius 1 is 1.00 bits per heavy atom. The highest BCUT2D eigenvalue weighted by Gasteiger charge is 2.08. The zero-order valence-electron chi connectivity index (χ0n) is 13.9. The zero-order chi connectivity index (χ0) is 19.4. The number of nitrogens with one attached hydrogen (secondary N) is 1. The third kappa shape index (κ3) is 4.77. The molecular formula is C20H14Cl2N2O2S. The number of benzene rings is 2. The van der Waals surface area contributed by atoms with Crippen LogP contribution in [0.15, 0.2) is 60.7 Å². The first kappa shape index (κ1) is 19.2. The van der Waals surface area contributed by atoms with E-state index in [-0.39, 0.29) is 16.5 Å². The Hall–Kier alpha value is -2.60. The molecule has 7 heteroatoms. The van der Waals surface area contributed by atoms with Crippen molar-refractivity contribution in [2.75, 3.05) is 5.32 Å². The van der Waals surface area contributed by atoms with E-state index in [9.17, 15) is 9.59 Å². The highest BCUT2D eigenvalue weighted by atomic mass is 35.5. The van der Waals surface area contributed by atoms with Crippen LogP contribution in [0.1, 0.15) is 15.2 Å². The number of hydrogen-bond donors (Lipinski definition) is 2. The summed E-state index contributed by atoms with van der Waals surface area (Å²) < 4.78 is 0. The average Bonchev–Trinajstić information content (AvgIpc) is 3.09. The minimum Gasteiger partial charge on any atom is -0.366 e. The van der Waals surface area contributed by atoms with E-state index in [1.54, 1.807) is 12.1 Å². The summed E-state index contributed by atoms with van der Waals surface area (Å²) >= 11 is 13.7. The summed E-state index contributed by atoms with van der Waals surface area (Å²) in [4.78, 5) is 25.2. The van der Waals surface area contributed by atoms with Gasteiger partial charge < -0.3 is 11.1 Å². The summed E-state index contributed by atoms with van der Waals surface area (Å²) in [5.41, 5.74) is 6.84. The van der Waals surface area contributed by atoms with Crippen LogP contribution < -0.4 is 11.1 Å². The molecule has 2 amide bonds. The van der Waals surface area contributed by atoms with Gasteiger partial charge in [-0.05, 0) is 42.5 Å². The third-order valence-corrected chi connectivity index (χ3v) is 5.39. The molecule has 0 unspecified atom stereocenters. The Balaban J connectivity index is 1.68. The minimum atomic E-state index is -0.621. The molecule has 0 radical (unpaired) electrons. The second-order valence-corrected chi connectivity index (χ2v) is 7.49. The van der Waals surface area contributed by atoms with Crippen LogP contribution in [-0.2, 0) is 4.79 Å². The Labute approximate surface area is 170 Å². The van der Waals surface area contributed by atoms with Crippen LogP contribution in [-0.4, -0.2) is 11.8 Å². The summed E-state index contributed by atoms with van der Waals surface area (Å²) in [7, 11) is 0. The quantitative estimate of drug-likeness (QED) is 0.540. The molecule has 2 aromatic carbocycles. The smallest absolute Gasteiger partial charge is 0.250 e. The molecule has 1 aromatic heterocycles. The molecule has 1 heterocycles. The number of anilines is 1. The van der Waals surface area contributed by atoms with E-state index >= 15 is 0 Å². The highest BCUT2D eigenvalue weighted by Crippen LogP contribution is 2.33. The number of halogens is 2. The van der Waals surface area contributed by atoms with Crippen LogP contribution in [0.3, 0.4) is 0 Å². The molecule has 3 N–H and O–H groups in total. The van der Waals surface area contributed by atoms with Crippen LogP contribution in [0, 0.1) is 0 Å². The molecule has 136 valence electrons. The van der Waals surface area contributed by atoms with Crippen molar-refractivity contribution in [2.45, 2.75) is 0 Å². The molecular weight excluding hydrogens is 403 g/mol. The van der Waals surface area contributed by atoms with Crippen LogP contribution in [0.4, 0.5) is 5.69 Å². The monoisotopic (exact) mass is 416 g/mol. The zero-order valence-corrected chi connectivity index (χ0v) is 16.2. The van der Waals surface area contributed by atoms with Crippen molar-refractivity contribution in [2.24, 2.45) is 5.73 Å². The first-order chi connectivity index (χ1) is 12.9. The van der Waals surface area contributed by atoms with Crippen molar-refractivity contribution in [1.82, 2.24) is 0 Å². The average molecular weight is 417 g/mol. The Bertz CT molecular complexity index is 1040. The second kappa shape index (κ2) is 8.39. The van der Waals surface area contributed by atoms with E-state index in [0.29, 0.717) is 10.7 Å².